The molecule has 0 aromatic heterocycles. The number of nitrogens with one attached hydrogen (secondary N) is 1. The summed E-state index contributed by atoms with van der Waals surface area (Å²) in [4.78, 5) is 14.7. The number of nitrogens with zero attached hydrogens (tertiary/aromatic N) is 1. The fraction of sp³-hybridized carbons (Fsp3) is 0.381. The lowest BCUT2D eigenvalue weighted by Gasteiger charge is -2.35. The van der Waals surface area contributed by atoms with Gasteiger partial charge in [0.2, 0.25) is 5.91 Å². The Morgan fingerprint density at radius 1 is 1.15 bits per heavy atom. The maximum atomic E-state index is 13.3. The van der Waals surface area contributed by atoms with E-state index in [-0.39, 0.29) is 17.8 Å². The van der Waals surface area contributed by atoms with E-state index in [4.69, 9.17) is 4.74 Å². The van der Waals surface area contributed by atoms with Crippen molar-refractivity contribution in [2.45, 2.75) is 19.4 Å². The molecule has 2 aromatic carbocycles. The lowest BCUT2D eigenvalue weighted by Crippen LogP contribution is -2.44. The predicted molar refractivity (Wildman–Crippen MR) is 99.4 cm³/mol. The average Bonchev–Trinajstić information content (AvgIpc) is 2.66. The quantitative estimate of drug-likeness (QED) is 0.865. The van der Waals surface area contributed by atoms with Crippen molar-refractivity contribution >= 4 is 5.91 Å². The summed E-state index contributed by atoms with van der Waals surface area (Å²) in [6.45, 7) is 5.46. The van der Waals surface area contributed by atoms with Crippen molar-refractivity contribution in [3.8, 4) is 0 Å². The third kappa shape index (κ3) is 4.90. The van der Waals surface area contributed by atoms with E-state index in [9.17, 15) is 9.18 Å². The van der Waals surface area contributed by atoms with Crippen LogP contribution < -0.4 is 5.32 Å². The molecule has 0 bridgehead atoms. The first-order valence-corrected chi connectivity index (χ1v) is 9.02. The highest BCUT2D eigenvalue weighted by Gasteiger charge is 2.23. The Balaban J connectivity index is 1.66. The molecule has 1 N–H and O–H groups in total. The number of benzene rings is 2. The van der Waals surface area contributed by atoms with Gasteiger partial charge in [-0.15, -0.1) is 0 Å². The van der Waals surface area contributed by atoms with Gasteiger partial charge in [0.05, 0.1) is 25.7 Å². The maximum Gasteiger partial charge on any atom is 0.224 e. The zero-order chi connectivity index (χ0) is 18.4. The summed E-state index contributed by atoms with van der Waals surface area (Å²) in [7, 11) is 0. The highest BCUT2D eigenvalue weighted by molar-refractivity contribution is 5.78. The number of morpholine rings is 1. The smallest absolute Gasteiger partial charge is 0.224 e. The monoisotopic (exact) mass is 356 g/mol. The normalized spacial score (nSPS) is 16.2. The summed E-state index contributed by atoms with van der Waals surface area (Å²) < 4.78 is 18.7. The van der Waals surface area contributed by atoms with Gasteiger partial charge < -0.3 is 10.1 Å². The number of hydrogen-bond donors (Lipinski definition) is 1. The maximum absolute atomic E-state index is 13.3. The van der Waals surface area contributed by atoms with Crippen molar-refractivity contribution in [3.05, 3.63) is 71.0 Å². The second-order valence-corrected chi connectivity index (χ2v) is 6.62. The number of carbonyl (C=O) groups is 1. The van der Waals surface area contributed by atoms with Gasteiger partial charge in [-0.25, -0.2) is 4.39 Å². The number of ether oxygens (including phenoxy) is 1. The van der Waals surface area contributed by atoms with Gasteiger partial charge in [0.15, 0.2) is 0 Å². The molecular formula is C21H25FN2O2. The molecule has 1 fully saturated rings. The summed E-state index contributed by atoms with van der Waals surface area (Å²) in [5.74, 6) is -0.252. The van der Waals surface area contributed by atoms with Gasteiger partial charge >= 0.3 is 0 Å². The Morgan fingerprint density at radius 2 is 1.85 bits per heavy atom. The minimum absolute atomic E-state index is 0.000305. The summed E-state index contributed by atoms with van der Waals surface area (Å²) in [5, 5.41) is 3.05. The molecule has 0 aliphatic carbocycles. The van der Waals surface area contributed by atoms with Crippen LogP contribution in [0.15, 0.2) is 48.5 Å². The molecule has 138 valence electrons. The Hall–Kier alpha value is -2.24. The SMILES string of the molecule is Cc1ccccc1CC(=O)NCC(c1ccc(F)cc1)N1CCOCC1. The third-order valence-electron chi connectivity index (χ3n) is 4.85. The first-order chi connectivity index (χ1) is 12.6. The number of carbonyl (C=O) groups excluding carboxylic acids is 1. The van der Waals surface area contributed by atoms with Crippen LogP contribution >= 0.6 is 0 Å². The standard InChI is InChI=1S/C21H25FN2O2/c1-16-4-2-3-5-18(16)14-21(25)23-15-20(24-10-12-26-13-11-24)17-6-8-19(22)9-7-17/h2-9,20H,10-15H2,1H3,(H,23,25). The molecule has 1 saturated heterocycles. The molecule has 1 aliphatic heterocycles. The fourth-order valence-electron chi connectivity index (χ4n) is 3.29. The van der Waals surface area contributed by atoms with Crippen LogP contribution in [0.5, 0.6) is 0 Å². The van der Waals surface area contributed by atoms with Crippen LogP contribution in [0.3, 0.4) is 0 Å². The Kier molecular flexibility index (Phi) is 6.36. The van der Waals surface area contributed by atoms with E-state index in [0.29, 0.717) is 26.2 Å². The zero-order valence-corrected chi connectivity index (χ0v) is 15.1. The van der Waals surface area contributed by atoms with Crippen LogP contribution in [0.25, 0.3) is 0 Å². The lowest BCUT2D eigenvalue weighted by atomic mass is 10.0. The molecule has 1 atom stereocenters. The van der Waals surface area contributed by atoms with Crippen molar-refractivity contribution in [2.75, 3.05) is 32.8 Å². The minimum Gasteiger partial charge on any atom is -0.379 e. The molecule has 4 nitrogen and oxygen atoms in total. The van der Waals surface area contributed by atoms with E-state index >= 15 is 0 Å². The molecule has 1 aliphatic rings. The highest BCUT2D eigenvalue weighted by atomic mass is 19.1. The van der Waals surface area contributed by atoms with Gasteiger partial charge in [0.1, 0.15) is 5.82 Å². The molecule has 5 heteroatoms. The van der Waals surface area contributed by atoms with E-state index in [1.54, 1.807) is 12.1 Å². The van der Waals surface area contributed by atoms with Crippen molar-refractivity contribution in [1.29, 1.82) is 0 Å². The largest absolute Gasteiger partial charge is 0.379 e. The molecule has 1 heterocycles. The first-order valence-electron chi connectivity index (χ1n) is 9.02. The number of rotatable bonds is 6. The van der Waals surface area contributed by atoms with Crippen molar-refractivity contribution in [1.82, 2.24) is 10.2 Å². The van der Waals surface area contributed by atoms with E-state index in [2.05, 4.69) is 10.2 Å². The van der Waals surface area contributed by atoms with Gasteiger partial charge in [-0.3, -0.25) is 9.69 Å². The van der Waals surface area contributed by atoms with Gasteiger partial charge in [-0.1, -0.05) is 36.4 Å². The van der Waals surface area contributed by atoms with E-state index in [1.165, 1.54) is 12.1 Å². The van der Waals surface area contributed by atoms with E-state index in [0.717, 1.165) is 29.8 Å². The molecule has 1 amide bonds. The van der Waals surface area contributed by atoms with Gasteiger partial charge in [0.25, 0.3) is 0 Å². The van der Waals surface area contributed by atoms with Crippen LogP contribution in [-0.2, 0) is 16.0 Å². The molecular weight excluding hydrogens is 331 g/mol. The Morgan fingerprint density at radius 3 is 2.54 bits per heavy atom. The van der Waals surface area contributed by atoms with E-state index < -0.39 is 0 Å². The Bertz CT molecular complexity index is 727. The fourth-order valence-corrected chi connectivity index (χ4v) is 3.29. The van der Waals surface area contributed by atoms with Crippen LogP contribution in [-0.4, -0.2) is 43.7 Å². The van der Waals surface area contributed by atoms with Gasteiger partial charge in [-0.2, -0.15) is 0 Å². The lowest BCUT2D eigenvalue weighted by molar-refractivity contribution is -0.120. The van der Waals surface area contributed by atoms with Gasteiger partial charge in [0, 0.05) is 19.6 Å². The number of aryl methyl sites for hydroxylation is 1. The topological polar surface area (TPSA) is 41.6 Å². The second kappa shape index (κ2) is 8.92. The van der Waals surface area contributed by atoms with Crippen LogP contribution in [0, 0.1) is 12.7 Å². The van der Waals surface area contributed by atoms with Crippen molar-refractivity contribution < 1.29 is 13.9 Å². The average molecular weight is 356 g/mol. The molecule has 3 rings (SSSR count). The predicted octanol–water partition coefficient (Wildman–Crippen LogP) is 2.87. The summed E-state index contributed by atoms with van der Waals surface area (Å²) in [6, 6.07) is 14.5. The summed E-state index contributed by atoms with van der Waals surface area (Å²) in [5.41, 5.74) is 3.16. The molecule has 0 saturated carbocycles. The Labute approximate surface area is 154 Å². The molecule has 26 heavy (non-hydrogen) atoms. The van der Waals surface area contributed by atoms with Crippen LogP contribution in [0.2, 0.25) is 0 Å². The summed E-state index contributed by atoms with van der Waals surface area (Å²) >= 11 is 0. The molecule has 0 radical (unpaired) electrons. The summed E-state index contributed by atoms with van der Waals surface area (Å²) in [6.07, 6.45) is 0.367. The number of halogens is 1. The van der Waals surface area contributed by atoms with Crippen LogP contribution in [0.1, 0.15) is 22.7 Å². The molecule has 2 aromatic rings. The first kappa shape index (κ1) is 18.5. The van der Waals surface area contributed by atoms with Crippen molar-refractivity contribution in [2.24, 2.45) is 0 Å². The van der Waals surface area contributed by atoms with Gasteiger partial charge in [-0.05, 0) is 35.7 Å². The van der Waals surface area contributed by atoms with Crippen molar-refractivity contribution in [3.63, 3.8) is 0 Å². The molecule has 1 unspecified atom stereocenters. The minimum atomic E-state index is -0.252. The highest BCUT2D eigenvalue weighted by Crippen LogP contribution is 2.21. The zero-order valence-electron chi connectivity index (χ0n) is 15.1. The number of amides is 1. The second-order valence-electron chi connectivity index (χ2n) is 6.62. The number of hydrogen-bond acceptors (Lipinski definition) is 3. The van der Waals surface area contributed by atoms with E-state index in [1.807, 2.05) is 31.2 Å². The van der Waals surface area contributed by atoms with Crippen LogP contribution in [0.4, 0.5) is 4.39 Å². The third-order valence-corrected chi connectivity index (χ3v) is 4.85. The molecule has 0 spiro atoms.